The fourth-order valence-electron chi connectivity index (χ4n) is 3.58. The van der Waals surface area contributed by atoms with Crippen molar-refractivity contribution in [2.24, 2.45) is 0 Å². The van der Waals surface area contributed by atoms with Gasteiger partial charge in [-0.25, -0.2) is 0 Å². The third kappa shape index (κ3) is 2.22. The fourth-order valence-corrected chi connectivity index (χ4v) is 3.58. The second-order valence-electron chi connectivity index (χ2n) is 6.20. The SMILES string of the molecule is O=C(O)[C@@H]1c2ccccc2C(=O)N(C2CC2)[C@H]1c1ccccc1. The molecule has 0 spiro atoms. The molecule has 2 aromatic rings. The van der Waals surface area contributed by atoms with Crippen molar-refractivity contribution in [3.8, 4) is 0 Å². The van der Waals surface area contributed by atoms with E-state index >= 15 is 0 Å². The molecule has 2 aromatic carbocycles. The van der Waals surface area contributed by atoms with Gasteiger partial charge in [-0.1, -0.05) is 48.5 Å². The summed E-state index contributed by atoms with van der Waals surface area (Å²) in [7, 11) is 0. The highest BCUT2D eigenvalue weighted by Crippen LogP contribution is 2.47. The van der Waals surface area contributed by atoms with Gasteiger partial charge >= 0.3 is 5.97 Å². The largest absolute Gasteiger partial charge is 0.481 e. The molecule has 0 unspecified atom stereocenters. The molecule has 4 nitrogen and oxygen atoms in total. The summed E-state index contributed by atoms with van der Waals surface area (Å²) in [6, 6.07) is 16.3. The van der Waals surface area contributed by atoms with Gasteiger partial charge in [0.05, 0.1) is 6.04 Å². The van der Waals surface area contributed by atoms with E-state index in [1.54, 1.807) is 29.2 Å². The van der Waals surface area contributed by atoms with Crippen LogP contribution in [0, 0.1) is 0 Å². The lowest BCUT2D eigenvalue weighted by atomic mass is 9.79. The first-order valence-corrected chi connectivity index (χ1v) is 7.88. The monoisotopic (exact) mass is 307 g/mol. The molecule has 2 aliphatic rings. The standard InChI is InChI=1S/C19H17NO3/c21-18-15-9-5-4-8-14(15)16(19(22)23)17(20(18)13-10-11-13)12-6-2-1-3-7-12/h1-9,13,16-17H,10-11H2,(H,22,23)/t16-,17+/m1/s1. The molecule has 1 amide bonds. The van der Waals surface area contributed by atoms with Crippen LogP contribution in [0.1, 0.15) is 46.3 Å². The van der Waals surface area contributed by atoms with Crippen LogP contribution in [-0.4, -0.2) is 27.9 Å². The number of benzene rings is 2. The molecule has 1 saturated carbocycles. The molecule has 116 valence electrons. The molecule has 0 saturated heterocycles. The van der Waals surface area contributed by atoms with E-state index in [0.29, 0.717) is 11.1 Å². The maximum absolute atomic E-state index is 13.0. The van der Waals surface area contributed by atoms with Crippen LogP contribution in [0.25, 0.3) is 0 Å². The Morgan fingerprint density at radius 1 is 1.00 bits per heavy atom. The third-order valence-electron chi connectivity index (χ3n) is 4.72. The summed E-state index contributed by atoms with van der Waals surface area (Å²) >= 11 is 0. The number of rotatable bonds is 3. The van der Waals surface area contributed by atoms with Crippen molar-refractivity contribution < 1.29 is 14.7 Å². The lowest BCUT2D eigenvalue weighted by Gasteiger charge is -2.41. The molecular formula is C19H17NO3. The van der Waals surface area contributed by atoms with Gasteiger partial charge in [-0.15, -0.1) is 0 Å². The summed E-state index contributed by atoms with van der Waals surface area (Å²) in [6.07, 6.45) is 1.90. The van der Waals surface area contributed by atoms with Crippen molar-refractivity contribution in [1.29, 1.82) is 0 Å². The van der Waals surface area contributed by atoms with Crippen molar-refractivity contribution in [3.63, 3.8) is 0 Å². The van der Waals surface area contributed by atoms with Crippen LogP contribution in [0.3, 0.4) is 0 Å². The molecular weight excluding hydrogens is 290 g/mol. The third-order valence-corrected chi connectivity index (χ3v) is 4.72. The Bertz CT molecular complexity index is 767. The van der Waals surface area contributed by atoms with Gasteiger partial charge in [0.15, 0.2) is 0 Å². The Morgan fingerprint density at radius 3 is 2.30 bits per heavy atom. The summed E-state index contributed by atoms with van der Waals surface area (Å²) in [4.78, 5) is 26.8. The Labute approximate surface area is 134 Å². The summed E-state index contributed by atoms with van der Waals surface area (Å²) in [5, 5.41) is 9.89. The lowest BCUT2D eigenvalue weighted by Crippen LogP contribution is -2.46. The molecule has 1 aliphatic carbocycles. The highest BCUT2D eigenvalue weighted by atomic mass is 16.4. The van der Waals surface area contributed by atoms with Gasteiger partial charge < -0.3 is 10.0 Å². The van der Waals surface area contributed by atoms with Crippen LogP contribution < -0.4 is 0 Å². The van der Waals surface area contributed by atoms with E-state index < -0.39 is 17.9 Å². The predicted molar refractivity (Wildman–Crippen MR) is 85.2 cm³/mol. The second-order valence-corrected chi connectivity index (χ2v) is 6.20. The van der Waals surface area contributed by atoms with E-state index in [4.69, 9.17) is 0 Å². The highest BCUT2D eigenvalue weighted by molar-refractivity contribution is 6.00. The maximum Gasteiger partial charge on any atom is 0.313 e. The maximum atomic E-state index is 13.0. The normalized spacial score (nSPS) is 23.5. The van der Waals surface area contributed by atoms with Crippen molar-refractivity contribution in [1.82, 2.24) is 4.90 Å². The molecule has 4 rings (SSSR count). The molecule has 0 aromatic heterocycles. The zero-order valence-corrected chi connectivity index (χ0v) is 12.6. The van der Waals surface area contributed by atoms with E-state index in [0.717, 1.165) is 18.4 Å². The van der Waals surface area contributed by atoms with Gasteiger partial charge in [0.2, 0.25) is 0 Å². The summed E-state index contributed by atoms with van der Waals surface area (Å²) < 4.78 is 0. The molecule has 1 aliphatic heterocycles. The molecule has 1 heterocycles. The number of hydrogen-bond donors (Lipinski definition) is 1. The minimum atomic E-state index is -0.885. The van der Waals surface area contributed by atoms with Gasteiger partial charge in [0.25, 0.3) is 5.91 Å². The first-order chi connectivity index (χ1) is 11.2. The smallest absolute Gasteiger partial charge is 0.313 e. The first kappa shape index (κ1) is 14.0. The van der Waals surface area contributed by atoms with Gasteiger partial charge in [0, 0.05) is 11.6 Å². The molecule has 1 fully saturated rings. The van der Waals surface area contributed by atoms with Crippen LogP contribution in [-0.2, 0) is 4.79 Å². The average Bonchev–Trinajstić information content (AvgIpc) is 3.40. The fraction of sp³-hybridized carbons (Fsp3) is 0.263. The van der Waals surface area contributed by atoms with E-state index in [1.165, 1.54) is 0 Å². The molecule has 0 bridgehead atoms. The molecule has 4 heteroatoms. The van der Waals surface area contributed by atoms with Crippen LogP contribution in [0.15, 0.2) is 54.6 Å². The van der Waals surface area contributed by atoms with E-state index in [-0.39, 0.29) is 11.9 Å². The van der Waals surface area contributed by atoms with E-state index in [2.05, 4.69) is 0 Å². The number of nitrogens with zero attached hydrogens (tertiary/aromatic N) is 1. The summed E-state index contributed by atoms with van der Waals surface area (Å²) in [5.41, 5.74) is 2.03. The van der Waals surface area contributed by atoms with Crippen molar-refractivity contribution in [2.45, 2.75) is 30.8 Å². The minimum absolute atomic E-state index is 0.0468. The van der Waals surface area contributed by atoms with Crippen LogP contribution in [0.5, 0.6) is 0 Å². The average molecular weight is 307 g/mol. The summed E-state index contributed by atoms with van der Waals surface area (Å²) in [5.74, 6) is -1.66. The van der Waals surface area contributed by atoms with Gasteiger partial charge in [-0.3, -0.25) is 9.59 Å². The zero-order valence-electron chi connectivity index (χ0n) is 12.6. The topological polar surface area (TPSA) is 57.6 Å². The highest BCUT2D eigenvalue weighted by Gasteiger charge is 2.49. The Balaban J connectivity index is 1.93. The molecule has 0 radical (unpaired) electrons. The van der Waals surface area contributed by atoms with Gasteiger partial charge in [0.1, 0.15) is 5.92 Å². The van der Waals surface area contributed by atoms with Crippen molar-refractivity contribution in [3.05, 3.63) is 71.3 Å². The van der Waals surface area contributed by atoms with Gasteiger partial charge in [-0.2, -0.15) is 0 Å². The lowest BCUT2D eigenvalue weighted by molar-refractivity contribution is -0.140. The van der Waals surface area contributed by atoms with Gasteiger partial charge in [-0.05, 0) is 30.0 Å². The predicted octanol–water partition coefficient (Wildman–Crippen LogP) is 3.21. The molecule has 2 atom stereocenters. The van der Waals surface area contributed by atoms with Crippen molar-refractivity contribution >= 4 is 11.9 Å². The first-order valence-electron chi connectivity index (χ1n) is 7.88. The zero-order chi connectivity index (χ0) is 16.0. The number of carbonyl (C=O) groups is 2. The van der Waals surface area contributed by atoms with Crippen LogP contribution in [0.4, 0.5) is 0 Å². The molecule has 1 N–H and O–H groups in total. The summed E-state index contributed by atoms with van der Waals surface area (Å²) in [6.45, 7) is 0. The Kier molecular flexibility index (Phi) is 3.18. The number of fused-ring (bicyclic) bond motifs is 1. The van der Waals surface area contributed by atoms with E-state index in [9.17, 15) is 14.7 Å². The van der Waals surface area contributed by atoms with E-state index in [1.807, 2.05) is 30.3 Å². The molecule has 23 heavy (non-hydrogen) atoms. The van der Waals surface area contributed by atoms with Crippen LogP contribution >= 0.6 is 0 Å². The number of hydrogen-bond acceptors (Lipinski definition) is 2. The van der Waals surface area contributed by atoms with Crippen molar-refractivity contribution in [2.75, 3.05) is 0 Å². The minimum Gasteiger partial charge on any atom is -0.481 e. The number of aliphatic carboxylic acids is 1. The number of carbonyl (C=O) groups excluding carboxylic acids is 1. The number of amides is 1. The Hall–Kier alpha value is -2.62. The Morgan fingerprint density at radius 2 is 1.65 bits per heavy atom. The number of carboxylic acid groups (broad SMARTS) is 1. The second kappa shape index (κ2) is 5.23. The van der Waals surface area contributed by atoms with Crippen LogP contribution in [0.2, 0.25) is 0 Å². The quantitative estimate of drug-likeness (QED) is 0.947. The number of carboxylic acids is 1.